The lowest BCUT2D eigenvalue weighted by Crippen LogP contribution is -2.08. The molecule has 0 aliphatic carbocycles. The summed E-state index contributed by atoms with van der Waals surface area (Å²) in [5.74, 6) is -0.119. The Labute approximate surface area is 166 Å². The van der Waals surface area contributed by atoms with Crippen molar-refractivity contribution in [3.05, 3.63) is 77.9 Å². The number of allylic oxidation sites excluding steroid dienone is 1. The number of nitriles is 1. The third kappa shape index (κ3) is 3.64. The summed E-state index contributed by atoms with van der Waals surface area (Å²) in [5.41, 5.74) is 3.28. The number of hydrogen-bond acceptors (Lipinski definition) is 5. The number of carbonyl (C=O) groups is 1. The van der Waals surface area contributed by atoms with Crippen molar-refractivity contribution in [1.82, 2.24) is 19.7 Å². The molecule has 0 aliphatic rings. The maximum absolute atomic E-state index is 12.4. The van der Waals surface area contributed by atoms with E-state index in [1.54, 1.807) is 23.9 Å². The van der Waals surface area contributed by atoms with Crippen molar-refractivity contribution in [3.8, 4) is 11.8 Å². The fraction of sp³-hybridized carbons (Fsp3) is 0.0909. The first-order valence-corrected chi connectivity index (χ1v) is 9.08. The van der Waals surface area contributed by atoms with Gasteiger partial charge < -0.3 is 9.72 Å². The molecule has 1 N–H and O–H groups in total. The number of aromatic nitrogens is 4. The number of imidazole rings is 1. The standard InChI is InChI=1S/C22H17N5O2/c1-2-29-22(28)20-16(14-27(26-20)17-8-4-3-5-9-17)12-15(13-23)21-24-18-10-6-7-11-19(18)25-21/h3-12,14H,2H2,1H3,(H,24,25)/b15-12-. The summed E-state index contributed by atoms with van der Waals surface area (Å²) < 4.78 is 6.73. The first kappa shape index (κ1) is 18.2. The van der Waals surface area contributed by atoms with Crippen LogP contribution in [-0.4, -0.2) is 32.3 Å². The van der Waals surface area contributed by atoms with Gasteiger partial charge >= 0.3 is 5.97 Å². The minimum atomic E-state index is -0.546. The van der Waals surface area contributed by atoms with Gasteiger partial charge in [0.1, 0.15) is 11.9 Å². The molecule has 0 fully saturated rings. The highest BCUT2D eigenvalue weighted by Crippen LogP contribution is 2.22. The van der Waals surface area contributed by atoms with Crippen molar-refractivity contribution < 1.29 is 9.53 Å². The van der Waals surface area contributed by atoms with E-state index >= 15 is 0 Å². The molecule has 7 nitrogen and oxygen atoms in total. The fourth-order valence-electron chi connectivity index (χ4n) is 2.95. The predicted octanol–water partition coefficient (Wildman–Crippen LogP) is 3.99. The summed E-state index contributed by atoms with van der Waals surface area (Å²) in [6.45, 7) is 1.96. The van der Waals surface area contributed by atoms with Gasteiger partial charge in [0.2, 0.25) is 0 Å². The van der Waals surface area contributed by atoms with Crippen molar-refractivity contribution in [2.45, 2.75) is 6.92 Å². The molecule has 0 aliphatic heterocycles. The zero-order chi connectivity index (χ0) is 20.2. The van der Waals surface area contributed by atoms with Crippen LogP contribution in [0.4, 0.5) is 0 Å². The molecule has 2 aromatic carbocycles. The topological polar surface area (TPSA) is 96.6 Å². The molecule has 0 saturated heterocycles. The van der Waals surface area contributed by atoms with E-state index < -0.39 is 5.97 Å². The van der Waals surface area contributed by atoms with Gasteiger partial charge in [-0.05, 0) is 37.3 Å². The summed E-state index contributed by atoms with van der Waals surface area (Å²) in [5, 5.41) is 14.1. The lowest BCUT2D eigenvalue weighted by molar-refractivity contribution is 0.0518. The summed E-state index contributed by atoms with van der Waals surface area (Å²) in [7, 11) is 0. The third-order valence-electron chi connectivity index (χ3n) is 4.30. The molecule has 142 valence electrons. The summed E-state index contributed by atoms with van der Waals surface area (Å²) >= 11 is 0. The van der Waals surface area contributed by atoms with Crippen LogP contribution in [-0.2, 0) is 4.74 Å². The Balaban J connectivity index is 1.82. The number of benzene rings is 2. The SMILES string of the molecule is CCOC(=O)c1nn(-c2ccccc2)cc1/C=C(/C#N)c1nc2ccccc2[nH]1. The number of hydrogen-bond donors (Lipinski definition) is 1. The number of aromatic amines is 1. The lowest BCUT2D eigenvalue weighted by atomic mass is 10.1. The van der Waals surface area contributed by atoms with Crippen LogP contribution in [0.3, 0.4) is 0 Å². The van der Waals surface area contributed by atoms with Crippen LogP contribution in [0.25, 0.3) is 28.4 Å². The van der Waals surface area contributed by atoms with E-state index in [0.717, 1.165) is 16.7 Å². The van der Waals surface area contributed by atoms with Gasteiger partial charge in [-0.15, -0.1) is 0 Å². The Kier molecular flexibility index (Phi) is 4.91. The molecule has 0 bridgehead atoms. The Morgan fingerprint density at radius 2 is 1.97 bits per heavy atom. The van der Waals surface area contributed by atoms with E-state index in [4.69, 9.17) is 4.74 Å². The molecule has 4 rings (SSSR count). The molecule has 2 aromatic heterocycles. The Morgan fingerprint density at radius 1 is 1.21 bits per heavy atom. The predicted molar refractivity (Wildman–Crippen MR) is 109 cm³/mol. The first-order chi connectivity index (χ1) is 14.2. The van der Waals surface area contributed by atoms with Gasteiger partial charge in [-0.3, -0.25) is 0 Å². The number of ether oxygens (including phenoxy) is 1. The fourth-order valence-corrected chi connectivity index (χ4v) is 2.95. The zero-order valence-corrected chi connectivity index (χ0v) is 15.7. The zero-order valence-electron chi connectivity index (χ0n) is 15.7. The Morgan fingerprint density at radius 3 is 2.69 bits per heavy atom. The maximum Gasteiger partial charge on any atom is 0.359 e. The van der Waals surface area contributed by atoms with E-state index in [1.807, 2.05) is 54.6 Å². The summed E-state index contributed by atoms with van der Waals surface area (Å²) in [4.78, 5) is 20.0. The van der Waals surface area contributed by atoms with Crippen molar-refractivity contribution in [1.29, 1.82) is 5.26 Å². The third-order valence-corrected chi connectivity index (χ3v) is 4.30. The second kappa shape index (κ2) is 7.82. The normalized spacial score (nSPS) is 11.4. The van der Waals surface area contributed by atoms with E-state index in [1.165, 1.54) is 0 Å². The van der Waals surface area contributed by atoms with Crippen LogP contribution in [0.2, 0.25) is 0 Å². The van der Waals surface area contributed by atoms with Crippen molar-refractivity contribution in [3.63, 3.8) is 0 Å². The quantitative estimate of drug-likeness (QED) is 0.415. The van der Waals surface area contributed by atoms with E-state index in [0.29, 0.717) is 17.0 Å². The second-order valence-corrected chi connectivity index (χ2v) is 6.21. The largest absolute Gasteiger partial charge is 0.461 e. The molecular formula is C22H17N5O2. The molecular weight excluding hydrogens is 366 g/mol. The smallest absolute Gasteiger partial charge is 0.359 e. The van der Waals surface area contributed by atoms with E-state index in [9.17, 15) is 10.1 Å². The van der Waals surface area contributed by atoms with Crippen LogP contribution >= 0.6 is 0 Å². The maximum atomic E-state index is 12.4. The molecule has 0 atom stereocenters. The van der Waals surface area contributed by atoms with Crippen LogP contribution in [0.1, 0.15) is 28.8 Å². The van der Waals surface area contributed by atoms with E-state index in [-0.39, 0.29) is 12.3 Å². The average Bonchev–Trinajstić information content (AvgIpc) is 3.37. The minimum absolute atomic E-state index is 0.138. The molecule has 0 saturated carbocycles. The minimum Gasteiger partial charge on any atom is -0.461 e. The lowest BCUT2D eigenvalue weighted by Gasteiger charge is -2.00. The van der Waals surface area contributed by atoms with Crippen molar-refractivity contribution in [2.75, 3.05) is 6.61 Å². The molecule has 2 heterocycles. The van der Waals surface area contributed by atoms with Gasteiger partial charge in [0.15, 0.2) is 5.69 Å². The van der Waals surface area contributed by atoms with Crippen LogP contribution in [0.15, 0.2) is 60.8 Å². The highest BCUT2D eigenvalue weighted by molar-refractivity contribution is 5.97. The monoisotopic (exact) mass is 383 g/mol. The highest BCUT2D eigenvalue weighted by atomic mass is 16.5. The number of nitrogens with one attached hydrogen (secondary N) is 1. The second-order valence-electron chi connectivity index (χ2n) is 6.21. The van der Waals surface area contributed by atoms with Crippen LogP contribution in [0, 0.1) is 11.3 Å². The first-order valence-electron chi connectivity index (χ1n) is 9.08. The molecule has 0 unspecified atom stereocenters. The molecule has 29 heavy (non-hydrogen) atoms. The van der Waals surface area contributed by atoms with Gasteiger partial charge in [0, 0.05) is 11.8 Å². The van der Waals surface area contributed by atoms with Gasteiger partial charge in [0.25, 0.3) is 0 Å². The molecule has 0 radical (unpaired) electrons. The summed E-state index contributed by atoms with van der Waals surface area (Å²) in [6.07, 6.45) is 3.29. The van der Waals surface area contributed by atoms with E-state index in [2.05, 4.69) is 21.1 Å². The number of nitrogens with zero attached hydrogens (tertiary/aromatic N) is 4. The van der Waals surface area contributed by atoms with Gasteiger partial charge in [-0.1, -0.05) is 30.3 Å². The number of esters is 1. The number of H-pyrrole nitrogens is 1. The Bertz CT molecular complexity index is 1210. The molecule has 7 heteroatoms. The van der Waals surface area contributed by atoms with Crippen LogP contribution in [0.5, 0.6) is 0 Å². The Hall–Kier alpha value is -4.18. The van der Waals surface area contributed by atoms with Gasteiger partial charge in [0.05, 0.1) is 28.9 Å². The summed E-state index contributed by atoms with van der Waals surface area (Å²) in [6, 6.07) is 19.1. The number of rotatable bonds is 5. The van der Waals surface area contributed by atoms with Crippen molar-refractivity contribution in [2.24, 2.45) is 0 Å². The van der Waals surface area contributed by atoms with Crippen LogP contribution < -0.4 is 0 Å². The van der Waals surface area contributed by atoms with Gasteiger partial charge in [-0.25, -0.2) is 14.5 Å². The van der Waals surface area contributed by atoms with Crippen molar-refractivity contribution >= 4 is 28.7 Å². The number of carbonyl (C=O) groups excluding carboxylic acids is 1. The molecule has 0 amide bonds. The number of fused-ring (bicyclic) bond motifs is 1. The number of para-hydroxylation sites is 3. The van der Waals surface area contributed by atoms with Gasteiger partial charge in [-0.2, -0.15) is 10.4 Å². The highest BCUT2D eigenvalue weighted by Gasteiger charge is 2.19. The average molecular weight is 383 g/mol. The molecule has 4 aromatic rings. The molecule has 0 spiro atoms.